The molecule has 0 fully saturated rings. The lowest BCUT2D eigenvalue weighted by Gasteiger charge is -2.20. The van der Waals surface area contributed by atoms with Crippen molar-refractivity contribution in [3.63, 3.8) is 0 Å². The molecule has 0 heterocycles. The number of aromatic hydroxyl groups is 1. The molecule has 1 aromatic rings. The topological polar surface area (TPSA) is 88.0 Å². The van der Waals surface area contributed by atoms with Crippen LogP contribution in [0.15, 0.2) is 18.2 Å². The highest BCUT2D eigenvalue weighted by Gasteiger charge is 2.16. The van der Waals surface area contributed by atoms with Gasteiger partial charge in [0.05, 0.1) is 19.8 Å². The second kappa shape index (κ2) is 7.85. The van der Waals surface area contributed by atoms with Gasteiger partial charge < -0.3 is 25.0 Å². The maximum atomic E-state index is 12.0. The molecule has 3 N–H and O–H groups in total. The third kappa shape index (κ3) is 6.46. The third-order valence-corrected chi connectivity index (χ3v) is 2.43. The largest absolute Gasteiger partial charge is 0.504 e. The van der Waals surface area contributed by atoms with Crippen molar-refractivity contribution >= 4 is 5.91 Å². The van der Waals surface area contributed by atoms with E-state index in [1.165, 1.54) is 18.2 Å². The lowest BCUT2D eigenvalue weighted by atomic mass is 10.1. The van der Waals surface area contributed by atoms with Gasteiger partial charge in [0, 0.05) is 11.1 Å². The van der Waals surface area contributed by atoms with Crippen LogP contribution in [0.4, 0.5) is 0 Å². The molecule has 0 radical (unpaired) electrons. The fraction of sp³-hybridized carbons (Fsp3) is 0.533. The van der Waals surface area contributed by atoms with Crippen molar-refractivity contribution in [1.29, 1.82) is 0 Å². The van der Waals surface area contributed by atoms with E-state index in [1.54, 1.807) is 0 Å². The molecule has 6 heteroatoms. The van der Waals surface area contributed by atoms with E-state index >= 15 is 0 Å². The van der Waals surface area contributed by atoms with Gasteiger partial charge in [-0.3, -0.25) is 4.79 Å². The Labute approximate surface area is 124 Å². The van der Waals surface area contributed by atoms with Gasteiger partial charge in [0.2, 0.25) is 0 Å². The predicted molar refractivity (Wildman–Crippen MR) is 78.7 cm³/mol. The van der Waals surface area contributed by atoms with Gasteiger partial charge >= 0.3 is 0 Å². The number of nitrogens with one attached hydrogen (secondary N) is 1. The minimum atomic E-state index is -0.339. The predicted octanol–water partition coefficient (Wildman–Crippen LogP) is 1.31. The zero-order valence-electron chi connectivity index (χ0n) is 12.7. The van der Waals surface area contributed by atoms with Gasteiger partial charge in [-0.05, 0) is 39.0 Å². The number of aliphatic hydroxyl groups excluding tert-OH is 1. The van der Waals surface area contributed by atoms with Crippen LogP contribution in [0.2, 0.25) is 0 Å². The van der Waals surface area contributed by atoms with E-state index in [0.29, 0.717) is 12.2 Å². The Morgan fingerprint density at radius 3 is 2.57 bits per heavy atom. The SMILES string of the molecule is CC(C)(C)NC(=O)c1ccc(O)c(OCCOCCO)c1. The fourth-order valence-corrected chi connectivity index (χ4v) is 1.56. The molecule has 118 valence electrons. The summed E-state index contributed by atoms with van der Waals surface area (Å²) >= 11 is 0. The quantitative estimate of drug-likeness (QED) is 0.660. The van der Waals surface area contributed by atoms with Crippen molar-refractivity contribution in [2.24, 2.45) is 0 Å². The van der Waals surface area contributed by atoms with Crippen molar-refractivity contribution in [3.05, 3.63) is 23.8 Å². The minimum absolute atomic E-state index is 0.0375. The van der Waals surface area contributed by atoms with Gasteiger partial charge in [-0.1, -0.05) is 0 Å². The second-order valence-corrected chi connectivity index (χ2v) is 5.57. The Morgan fingerprint density at radius 1 is 1.24 bits per heavy atom. The molecule has 0 aromatic heterocycles. The summed E-state index contributed by atoms with van der Waals surface area (Å²) in [5.74, 6) is -0.0440. The summed E-state index contributed by atoms with van der Waals surface area (Å²) in [4.78, 5) is 12.0. The zero-order chi connectivity index (χ0) is 15.9. The molecule has 0 aliphatic rings. The van der Waals surface area contributed by atoms with Crippen LogP contribution in [0.3, 0.4) is 0 Å². The van der Waals surface area contributed by atoms with Crippen LogP contribution < -0.4 is 10.1 Å². The van der Waals surface area contributed by atoms with Crippen molar-refractivity contribution < 1.29 is 24.5 Å². The minimum Gasteiger partial charge on any atom is -0.504 e. The average Bonchev–Trinajstić information content (AvgIpc) is 2.38. The molecule has 0 atom stereocenters. The Morgan fingerprint density at radius 2 is 1.95 bits per heavy atom. The number of benzene rings is 1. The van der Waals surface area contributed by atoms with E-state index in [2.05, 4.69) is 5.32 Å². The number of amides is 1. The highest BCUT2D eigenvalue weighted by atomic mass is 16.5. The number of rotatable bonds is 7. The van der Waals surface area contributed by atoms with Crippen LogP contribution in [0, 0.1) is 0 Å². The van der Waals surface area contributed by atoms with Crippen molar-refractivity contribution in [1.82, 2.24) is 5.32 Å². The molecule has 0 bridgehead atoms. The van der Waals surface area contributed by atoms with E-state index in [-0.39, 0.29) is 42.8 Å². The van der Waals surface area contributed by atoms with Crippen LogP contribution in [-0.2, 0) is 4.74 Å². The summed E-state index contributed by atoms with van der Waals surface area (Å²) in [5, 5.41) is 21.1. The van der Waals surface area contributed by atoms with E-state index in [9.17, 15) is 9.90 Å². The number of hydrogen-bond acceptors (Lipinski definition) is 5. The van der Waals surface area contributed by atoms with E-state index in [1.807, 2.05) is 20.8 Å². The van der Waals surface area contributed by atoms with Crippen LogP contribution in [0.1, 0.15) is 31.1 Å². The molecule has 0 aliphatic carbocycles. The molecule has 0 saturated heterocycles. The Balaban J connectivity index is 2.64. The van der Waals surface area contributed by atoms with E-state index in [4.69, 9.17) is 14.6 Å². The smallest absolute Gasteiger partial charge is 0.251 e. The molecule has 21 heavy (non-hydrogen) atoms. The van der Waals surface area contributed by atoms with Crippen LogP contribution in [0.25, 0.3) is 0 Å². The fourth-order valence-electron chi connectivity index (χ4n) is 1.56. The maximum Gasteiger partial charge on any atom is 0.251 e. The Kier molecular flexibility index (Phi) is 6.45. The highest BCUT2D eigenvalue weighted by molar-refractivity contribution is 5.95. The standard InChI is InChI=1S/C15H23NO5/c1-15(2,3)16-14(19)11-4-5-12(18)13(10-11)21-9-8-20-7-6-17/h4-5,10,17-18H,6-9H2,1-3H3,(H,16,19). The van der Waals surface area contributed by atoms with Gasteiger partial charge in [0.1, 0.15) is 6.61 Å². The molecule has 6 nitrogen and oxygen atoms in total. The van der Waals surface area contributed by atoms with Crippen LogP contribution in [-0.4, -0.2) is 48.1 Å². The normalized spacial score (nSPS) is 11.2. The Hall–Kier alpha value is -1.79. The summed E-state index contributed by atoms with van der Waals surface area (Å²) < 4.78 is 10.4. The molecule has 0 unspecified atom stereocenters. The van der Waals surface area contributed by atoms with Crippen LogP contribution >= 0.6 is 0 Å². The van der Waals surface area contributed by atoms with Crippen molar-refractivity contribution in [3.8, 4) is 11.5 Å². The van der Waals surface area contributed by atoms with Gasteiger partial charge in [-0.2, -0.15) is 0 Å². The summed E-state index contributed by atoms with van der Waals surface area (Å²) in [6.45, 7) is 6.37. The lowest BCUT2D eigenvalue weighted by molar-refractivity contribution is 0.0698. The average molecular weight is 297 g/mol. The molecule has 1 rings (SSSR count). The summed E-state index contributed by atoms with van der Waals surface area (Å²) in [5.41, 5.74) is 0.0720. The van der Waals surface area contributed by atoms with Gasteiger partial charge in [-0.25, -0.2) is 0 Å². The summed E-state index contributed by atoms with van der Waals surface area (Å²) in [6.07, 6.45) is 0. The number of aliphatic hydroxyl groups is 1. The number of phenolic OH excluding ortho intramolecular Hbond substituents is 1. The molecule has 1 aromatic carbocycles. The number of hydrogen-bond donors (Lipinski definition) is 3. The monoisotopic (exact) mass is 297 g/mol. The molecule has 0 aliphatic heterocycles. The number of ether oxygens (including phenoxy) is 2. The first-order valence-electron chi connectivity index (χ1n) is 6.80. The van der Waals surface area contributed by atoms with E-state index in [0.717, 1.165) is 0 Å². The zero-order valence-corrected chi connectivity index (χ0v) is 12.7. The first kappa shape index (κ1) is 17.3. The molecular weight excluding hydrogens is 274 g/mol. The second-order valence-electron chi connectivity index (χ2n) is 5.57. The molecule has 1 amide bonds. The van der Waals surface area contributed by atoms with Crippen molar-refractivity contribution in [2.45, 2.75) is 26.3 Å². The third-order valence-electron chi connectivity index (χ3n) is 2.43. The summed E-state index contributed by atoms with van der Waals surface area (Å²) in [7, 11) is 0. The number of carbonyl (C=O) groups is 1. The highest BCUT2D eigenvalue weighted by Crippen LogP contribution is 2.27. The van der Waals surface area contributed by atoms with Gasteiger partial charge in [0.15, 0.2) is 11.5 Å². The maximum absolute atomic E-state index is 12.0. The Bertz CT molecular complexity index is 468. The number of phenols is 1. The van der Waals surface area contributed by atoms with Gasteiger partial charge in [-0.15, -0.1) is 0 Å². The first-order valence-corrected chi connectivity index (χ1v) is 6.80. The molecule has 0 saturated carbocycles. The molecule has 0 spiro atoms. The van der Waals surface area contributed by atoms with Crippen LogP contribution in [0.5, 0.6) is 11.5 Å². The van der Waals surface area contributed by atoms with Crippen molar-refractivity contribution in [2.75, 3.05) is 26.4 Å². The summed E-state index contributed by atoms with van der Waals surface area (Å²) in [6, 6.07) is 4.44. The number of carbonyl (C=O) groups excluding carboxylic acids is 1. The lowest BCUT2D eigenvalue weighted by Crippen LogP contribution is -2.40. The first-order chi connectivity index (χ1) is 9.83. The molecular formula is C15H23NO5. The van der Waals surface area contributed by atoms with E-state index < -0.39 is 0 Å². The van der Waals surface area contributed by atoms with Gasteiger partial charge in [0.25, 0.3) is 5.91 Å².